The minimum atomic E-state index is 0.651. The summed E-state index contributed by atoms with van der Waals surface area (Å²) in [4.78, 5) is 0. The third kappa shape index (κ3) is 1.29. The van der Waals surface area contributed by atoms with Crippen LogP contribution in [0.3, 0.4) is 0 Å². The second-order valence-electron chi connectivity index (χ2n) is 3.27. The van der Waals surface area contributed by atoms with Gasteiger partial charge in [0.2, 0.25) is 5.95 Å². The normalized spacial score (nSPS) is 16.5. The van der Waals surface area contributed by atoms with Crippen LogP contribution in [0.2, 0.25) is 0 Å². The highest BCUT2D eigenvalue weighted by Gasteiger charge is 2.22. The Morgan fingerprint density at radius 1 is 1.50 bits per heavy atom. The van der Waals surface area contributed by atoms with E-state index in [0.29, 0.717) is 6.04 Å². The number of nitrogens with zero attached hydrogens (tertiary/aromatic N) is 3. The van der Waals surface area contributed by atoms with Crippen molar-refractivity contribution in [1.29, 1.82) is 0 Å². The number of rotatable bonds is 3. The van der Waals surface area contributed by atoms with Crippen LogP contribution in [0.4, 0.5) is 5.95 Å². The summed E-state index contributed by atoms with van der Waals surface area (Å²) in [6, 6.07) is 0.651. The van der Waals surface area contributed by atoms with Gasteiger partial charge < -0.3 is 9.88 Å². The minimum Gasteiger partial charge on any atom is -0.352 e. The maximum Gasteiger partial charge on any atom is 0.224 e. The maximum absolute atomic E-state index is 4.07. The fraction of sp³-hybridized carbons (Fsp3) is 0.750. The summed E-state index contributed by atoms with van der Waals surface area (Å²) in [7, 11) is 2.00. The van der Waals surface area contributed by atoms with Crippen molar-refractivity contribution in [2.75, 3.05) is 5.32 Å². The van der Waals surface area contributed by atoms with Crippen LogP contribution in [0.25, 0.3) is 0 Å². The standard InChI is InChI=1S/C8H14N4/c1-3-7-10-11-8(12(7)2)9-6-4-5-6/h6H,3-5H2,1-2H3,(H,9,11). The van der Waals surface area contributed by atoms with Crippen LogP contribution >= 0.6 is 0 Å². The van der Waals surface area contributed by atoms with E-state index in [1.807, 2.05) is 11.6 Å². The van der Waals surface area contributed by atoms with E-state index >= 15 is 0 Å². The van der Waals surface area contributed by atoms with Crippen molar-refractivity contribution >= 4 is 5.95 Å². The molecule has 1 aliphatic rings. The molecule has 0 bridgehead atoms. The molecule has 0 atom stereocenters. The molecule has 0 unspecified atom stereocenters. The molecular formula is C8H14N4. The number of anilines is 1. The van der Waals surface area contributed by atoms with Gasteiger partial charge in [0.1, 0.15) is 5.82 Å². The van der Waals surface area contributed by atoms with Gasteiger partial charge in [-0.25, -0.2) is 0 Å². The van der Waals surface area contributed by atoms with Gasteiger partial charge in [-0.15, -0.1) is 10.2 Å². The van der Waals surface area contributed by atoms with E-state index in [1.54, 1.807) is 0 Å². The molecule has 12 heavy (non-hydrogen) atoms. The quantitative estimate of drug-likeness (QED) is 0.727. The number of aromatic nitrogens is 3. The molecule has 0 aromatic carbocycles. The fourth-order valence-electron chi connectivity index (χ4n) is 1.21. The molecule has 1 N–H and O–H groups in total. The SMILES string of the molecule is CCc1nnc(NC2CC2)n1C. The first-order chi connectivity index (χ1) is 5.81. The lowest BCUT2D eigenvalue weighted by Crippen LogP contribution is -2.07. The maximum atomic E-state index is 4.07. The van der Waals surface area contributed by atoms with Crippen molar-refractivity contribution in [2.24, 2.45) is 7.05 Å². The summed E-state index contributed by atoms with van der Waals surface area (Å²) >= 11 is 0. The van der Waals surface area contributed by atoms with Crippen molar-refractivity contribution in [2.45, 2.75) is 32.2 Å². The summed E-state index contributed by atoms with van der Waals surface area (Å²) in [5, 5.41) is 11.5. The number of nitrogens with one attached hydrogen (secondary N) is 1. The van der Waals surface area contributed by atoms with Gasteiger partial charge in [0.15, 0.2) is 0 Å². The van der Waals surface area contributed by atoms with Crippen molar-refractivity contribution in [3.8, 4) is 0 Å². The zero-order valence-corrected chi connectivity index (χ0v) is 7.54. The highest BCUT2D eigenvalue weighted by molar-refractivity contribution is 5.29. The monoisotopic (exact) mass is 166 g/mol. The second-order valence-corrected chi connectivity index (χ2v) is 3.27. The lowest BCUT2D eigenvalue weighted by molar-refractivity contribution is 0.806. The van der Waals surface area contributed by atoms with Crippen molar-refractivity contribution in [3.63, 3.8) is 0 Å². The van der Waals surface area contributed by atoms with Crippen LogP contribution < -0.4 is 5.32 Å². The lowest BCUT2D eigenvalue weighted by atomic mass is 10.5. The van der Waals surface area contributed by atoms with Gasteiger partial charge in [-0.2, -0.15) is 0 Å². The molecule has 0 radical (unpaired) electrons. The first-order valence-corrected chi connectivity index (χ1v) is 4.46. The summed E-state index contributed by atoms with van der Waals surface area (Å²) in [5.41, 5.74) is 0. The van der Waals surface area contributed by atoms with E-state index < -0.39 is 0 Å². The summed E-state index contributed by atoms with van der Waals surface area (Å²) in [5.74, 6) is 1.95. The Morgan fingerprint density at radius 2 is 2.25 bits per heavy atom. The van der Waals surface area contributed by atoms with Crippen LogP contribution in [0, 0.1) is 0 Å². The minimum absolute atomic E-state index is 0.651. The molecule has 66 valence electrons. The van der Waals surface area contributed by atoms with Gasteiger partial charge >= 0.3 is 0 Å². The van der Waals surface area contributed by atoms with E-state index in [0.717, 1.165) is 18.2 Å². The molecule has 1 heterocycles. The Kier molecular flexibility index (Phi) is 1.75. The average Bonchev–Trinajstić information content (AvgIpc) is 2.80. The van der Waals surface area contributed by atoms with Crippen molar-refractivity contribution in [1.82, 2.24) is 14.8 Å². The number of aryl methyl sites for hydroxylation is 1. The second kappa shape index (κ2) is 2.77. The van der Waals surface area contributed by atoms with Crippen LogP contribution in [0.1, 0.15) is 25.6 Å². The molecule has 1 fully saturated rings. The summed E-state index contributed by atoms with van der Waals surface area (Å²) < 4.78 is 2.03. The molecule has 0 amide bonds. The summed E-state index contributed by atoms with van der Waals surface area (Å²) in [6.07, 6.45) is 3.48. The van der Waals surface area contributed by atoms with Crippen molar-refractivity contribution in [3.05, 3.63) is 5.82 Å². The average molecular weight is 166 g/mol. The van der Waals surface area contributed by atoms with Crippen molar-refractivity contribution < 1.29 is 0 Å². The van der Waals surface area contributed by atoms with Gasteiger partial charge in [0, 0.05) is 19.5 Å². The molecule has 0 spiro atoms. The van der Waals surface area contributed by atoms with E-state index in [-0.39, 0.29) is 0 Å². The molecule has 1 aromatic heterocycles. The van der Waals surface area contributed by atoms with Crippen LogP contribution in [0.15, 0.2) is 0 Å². The predicted molar refractivity (Wildman–Crippen MR) is 47.0 cm³/mol. The Morgan fingerprint density at radius 3 is 2.75 bits per heavy atom. The van der Waals surface area contributed by atoms with E-state index in [9.17, 15) is 0 Å². The largest absolute Gasteiger partial charge is 0.352 e. The number of hydrogen-bond acceptors (Lipinski definition) is 3. The Hall–Kier alpha value is -1.06. The molecule has 1 saturated carbocycles. The molecule has 1 aliphatic carbocycles. The smallest absolute Gasteiger partial charge is 0.224 e. The Bertz CT molecular complexity index is 275. The van der Waals surface area contributed by atoms with Gasteiger partial charge in [-0.1, -0.05) is 6.92 Å². The zero-order chi connectivity index (χ0) is 8.55. The molecule has 2 rings (SSSR count). The topological polar surface area (TPSA) is 42.7 Å². The van der Waals surface area contributed by atoms with E-state index in [4.69, 9.17) is 0 Å². The van der Waals surface area contributed by atoms with Crippen LogP contribution in [-0.4, -0.2) is 20.8 Å². The third-order valence-corrected chi connectivity index (χ3v) is 2.19. The van der Waals surface area contributed by atoms with E-state index in [1.165, 1.54) is 12.8 Å². The summed E-state index contributed by atoms with van der Waals surface area (Å²) in [6.45, 7) is 2.09. The molecule has 1 aromatic rings. The molecule has 0 aliphatic heterocycles. The third-order valence-electron chi connectivity index (χ3n) is 2.19. The van der Waals surface area contributed by atoms with Gasteiger partial charge in [-0.05, 0) is 12.8 Å². The van der Waals surface area contributed by atoms with Gasteiger partial charge in [0.25, 0.3) is 0 Å². The molecule has 0 saturated heterocycles. The Labute approximate surface area is 72.0 Å². The highest BCUT2D eigenvalue weighted by atomic mass is 15.3. The van der Waals surface area contributed by atoms with Crippen LogP contribution in [-0.2, 0) is 13.5 Å². The Balaban J connectivity index is 2.13. The molecular weight excluding hydrogens is 152 g/mol. The van der Waals surface area contributed by atoms with E-state index in [2.05, 4.69) is 22.4 Å². The predicted octanol–water partition coefficient (Wildman–Crippen LogP) is 0.952. The fourth-order valence-corrected chi connectivity index (χ4v) is 1.21. The number of hydrogen-bond donors (Lipinski definition) is 1. The lowest BCUT2D eigenvalue weighted by Gasteiger charge is -2.03. The highest BCUT2D eigenvalue weighted by Crippen LogP contribution is 2.23. The first-order valence-electron chi connectivity index (χ1n) is 4.46. The van der Waals surface area contributed by atoms with Crippen LogP contribution in [0.5, 0.6) is 0 Å². The molecule has 4 heteroatoms. The zero-order valence-electron chi connectivity index (χ0n) is 7.54. The van der Waals surface area contributed by atoms with Gasteiger partial charge in [-0.3, -0.25) is 0 Å². The molecule has 4 nitrogen and oxygen atoms in total. The first kappa shape index (κ1) is 7.58. The van der Waals surface area contributed by atoms with Gasteiger partial charge in [0.05, 0.1) is 0 Å².